The standard InChI is InChI=1S/C18H19N3O4/c1-25-17-5-3-2-4-15(17)16-12-19-10-11-20(16)18(22)13-6-8-14(9-7-13)21(23)24/h2-9,16,19H,10-12H2,1H3. The molecule has 2 aromatic rings. The van der Waals surface area contributed by atoms with Crippen LogP contribution in [0.5, 0.6) is 5.75 Å². The van der Waals surface area contributed by atoms with Crippen molar-refractivity contribution in [2.45, 2.75) is 6.04 Å². The molecule has 7 heteroatoms. The lowest BCUT2D eigenvalue weighted by atomic mass is 10.0. The van der Waals surface area contributed by atoms with Crippen molar-refractivity contribution in [3.8, 4) is 5.75 Å². The smallest absolute Gasteiger partial charge is 0.269 e. The summed E-state index contributed by atoms with van der Waals surface area (Å²) < 4.78 is 5.43. The summed E-state index contributed by atoms with van der Waals surface area (Å²) in [5.41, 5.74) is 1.35. The van der Waals surface area contributed by atoms with E-state index in [9.17, 15) is 14.9 Å². The normalized spacial score (nSPS) is 17.2. The van der Waals surface area contributed by atoms with Crippen molar-refractivity contribution < 1.29 is 14.5 Å². The SMILES string of the molecule is COc1ccccc1C1CNCCN1C(=O)c1ccc([N+](=O)[O-])cc1. The van der Waals surface area contributed by atoms with Gasteiger partial charge in [-0.3, -0.25) is 14.9 Å². The first-order chi connectivity index (χ1) is 12.1. The topological polar surface area (TPSA) is 84.7 Å². The van der Waals surface area contributed by atoms with Gasteiger partial charge in [0.2, 0.25) is 0 Å². The van der Waals surface area contributed by atoms with Crippen LogP contribution in [-0.4, -0.2) is 42.5 Å². The van der Waals surface area contributed by atoms with Crippen molar-refractivity contribution >= 4 is 11.6 Å². The van der Waals surface area contributed by atoms with Crippen molar-refractivity contribution in [2.24, 2.45) is 0 Å². The van der Waals surface area contributed by atoms with Crippen molar-refractivity contribution in [3.05, 3.63) is 69.8 Å². The van der Waals surface area contributed by atoms with Gasteiger partial charge < -0.3 is 15.0 Å². The maximum absolute atomic E-state index is 13.0. The molecule has 0 spiro atoms. The van der Waals surface area contributed by atoms with Crippen LogP contribution in [0.1, 0.15) is 22.0 Å². The predicted octanol–water partition coefficient (Wildman–Crippen LogP) is 2.39. The number of nitrogens with one attached hydrogen (secondary N) is 1. The third-order valence-corrected chi connectivity index (χ3v) is 4.33. The highest BCUT2D eigenvalue weighted by Gasteiger charge is 2.30. The number of rotatable bonds is 4. The van der Waals surface area contributed by atoms with Crippen LogP contribution in [0.3, 0.4) is 0 Å². The van der Waals surface area contributed by atoms with Crippen LogP contribution in [0, 0.1) is 10.1 Å². The molecule has 0 aliphatic carbocycles. The fourth-order valence-corrected chi connectivity index (χ4v) is 3.06. The van der Waals surface area contributed by atoms with Crippen LogP contribution in [0.25, 0.3) is 0 Å². The monoisotopic (exact) mass is 341 g/mol. The van der Waals surface area contributed by atoms with Gasteiger partial charge in [-0.25, -0.2) is 0 Å². The number of nitro benzene ring substituents is 1. The molecule has 0 saturated carbocycles. The number of ether oxygens (including phenoxy) is 1. The number of piperazine rings is 1. The van der Waals surface area contributed by atoms with Crippen LogP contribution in [-0.2, 0) is 0 Å². The lowest BCUT2D eigenvalue weighted by molar-refractivity contribution is -0.384. The molecule has 1 atom stereocenters. The molecular weight excluding hydrogens is 322 g/mol. The number of para-hydroxylation sites is 1. The molecule has 1 amide bonds. The first-order valence-electron chi connectivity index (χ1n) is 8.01. The van der Waals surface area contributed by atoms with Gasteiger partial charge in [0.15, 0.2) is 0 Å². The zero-order chi connectivity index (χ0) is 17.8. The zero-order valence-electron chi connectivity index (χ0n) is 13.8. The third-order valence-electron chi connectivity index (χ3n) is 4.33. The molecule has 7 nitrogen and oxygen atoms in total. The molecule has 1 heterocycles. The highest BCUT2D eigenvalue weighted by atomic mass is 16.6. The Morgan fingerprint density at radius 2 is 1.96 bits per heavy atom. The average molecular weight is 341 g/mol. The van der Waals surface area contributed by atoms with E-state index in [4.69, 9.17) is 4.74 Å². The molecule has 0 aromatic heterocycles. The maximum Gasteiger partial charge on any atom is 0.269 e. The minimum Gasteiger partial charge on any atom is -0.496 e. The van der Waals surface area contributed by atoms with Crippen LogP contribution >= 0.6 is 0 Å². The molecule has 2 aromatic carbocycles. The van der Waals surface area contributed by atoms with Gasteiger partial charge in [-0.1, -0.05) is 18.2 Å². The van der Waals surface area contributed by atoms with Gasteiger partial charge in [-0.15, -0.1) is 0 Å². The number of amides is 1. The van der Waals surface area contributed by atoms with Crippen molar-refractivity contribution in [3.63, 3.8) is 0 Å². The van der Waals surface area contributed by atoms with Gasteiger partial charge in [-0.05, 0) is 18.2 Å². The highest BCUT2D eigenvalue weighted by Crippen LogP contribution is 2.31. The van der Waals surface area contributed by atoms with E-state index in [1.165, 1.54) is 24.3 Å². The molecule has 0 bridgehead atoms. The van der Waals surface area contributed by atoms with E-state index in [0.29, 0.717) is 25.2 Å². The number of nitro groups is 1. The Labute approximate surface area is 145 Å². The van der Waals surface area contributed by atoms with Gasteiger partial charge in [-0.2, -0.15) is 0 Å². The van der Waals surface area contributed by atoms with Gasteiger partial charge in [0.25, 0.3) is 11.6 Å². The van der Waals surface area contributed by atoms with Crippen molar-refractivity contribution in [1.29, 1.82) is 0 Å². The summed E-state index contributed by atoms with van der Waals surface area (Å²) in [6.45, 7) is 1.88. The second-order valence-electron chi connectivity index (χ2n) is 5.76. The minimum absolute atomic E-state index is 0.0295. The Kier molecular flexibility index (Phi) is 4.95. The number of nitrogens with zero attached hydrogens (tertiary/aromatic N) is 2. The van der Waals surface area contributed by atoms with Gasteiger partial charge in [0.1, 0.15) is 5.75 Å². The predicted molar refractivity (Wildman–Crippen MR) is 92.7 cm³/mol. The van der Waals surface area contributed by atoms with Crippen LogP contribution in [0.15, 0.2) is 48.5 Å². The first kappa shape index (κ1) is 16.9. The lowest BCUT2D eigenvalue weighted by Gasteiger charge is -2.37. The van der Waals surface area contributed by atoms with Gasteiger partial charge in [0, 0.05) is 42.9 Å². The molecule has 130 valence electrons. The van der Waals surface area contributed by atoms with Crippen molar-refractivity contribution in [2.75, 3.05) is 26.7 Å². The second kappa shape index (κ2) is 7.31. The number of carbonyl (C=O) groups is 1. The molecule has 1 saturated heterocycles. The van der Waals surface area contributed by atoms with Gasteiger partial charge >= 0.3 is 0 Å². The molecule has 1 aliphatic heterocycles. The van der Waals surface area contributed by atoms with E-state index in [-0.39, 0.29) is 17.6 Å². The molecular formula is C18H19N3O4. The van der Waals surface area contributed by atoms with E-state index in [1.807, 2.05) is 24.3 Å². The number of carbonyl (C=O) groups excluding carboxylic acids is 1. The van der Waals surface area contributed by atoms with E-state index >= 15 is 0 Å². The number of hydrogen-bond donors (Lipinski definition) is 1. The minimum atomic E-state index is -0.475. The quantitative estimate of drug-likeness (QED) is 0.682. The molecule has 1 aliphatic rings. The molecule has 1 unspecified atom stereocenters. The summed E-state index contributed by atoms with van der Waals surface area (Å²) in [5.74, 6) is 0.588. The Balaban J connectivity index is 1.90. The molecule has 0 radical (unpaired) electrons. The second-order valence-corrected chi connectivity index (χ2v) is 5.76. The Bertz CT molecular complexity index is 776. The van der Waals surface area contributed by atoms with Crippen molar-refractivity contribution in [1.82, 2.24) is 10.2 Å². The molecule has 3 rings (SSSR count). The van der Waals surface area contributed by atoms with Gasteiger partial charge in [0.05, 0.1) is 18.1 Å². The van der Waals surface area contributed by atoms with Crippen LogP contribution in [0.2, 0.25) is 0 Å². The summed E-state index contributed by atoms with van der Waals surface area (Å²) in [6, 6.07) is 13.2. The summed E-state index contributed by atoms with van der Waals surface area (Å²) in [7, 11) is 1.61. The summed E-state index contributed by atoms with van der Waals surface area (Å²) in [5, 5.41) is 14.1. The maximum atomic E-state index is 13.0. The summed E-state index contributed by atoms with van der Waals surface area (Å²) in [4.78, 5) is 25.0. The zero-order valence-corrected chi connectivity index (χ0v) is 13.8. The van der Waals surface area contributed by atoms with E-state index < -0.39 is 4.92 Å². The largest absolute Gasteiger partial charge is 0.496 e. The lowest BCUT2D eigenvalue weighted by Crippen LogP contribution is -2.48. The van der Waals surface area contributed by atoms with E-state index in [0.717, 1.165) is 11.3 Å². The number of non-ortho nitro benzene ring substituents is 1. The first-order valence-corrected chi connectivity index (χ1v) is 8.01. The van der Waals surface area contributed by atoms with E-state index in [2.05, 4.69) is 5.32 Å². The Hall–Kier alpha value is -2.93. The van der Waals surface area contributed by atoms with Crippen LogP contribution < -0.4 is 10.1 Å². The summed E-state index contributed by atoms with van der Waals surface area (Å²) in [6.07, 6.45) is 0. The Morgan fingerprint density at radius 1 is 1.24 bits per heavy atom. The number of methoxy groups -OCH3 is 1. The number of benzene rings is 2. The third kappa shape index (κ3) is 3.46. The van der Waals surface area contributed by atoms with E-state index in [1.54, 1.807) is 12.0 Å². The highest BCUT2D eigenvalue weighted by molar-refractivity contribution is 5.94. The van der Waals surface area contributed by atoms with Crippen LogP contribution in [0.4, 0.5) is 5.69 Å². The average Bonchev–Trinajstić information content (AvgIpc) is 2.67. The molecule has 25 heavy (non-hydrogen) atoms. The number of hydrogen-bond acceptors (Lipinski definition) is 5. The fourth-order valence-electron chi connectivity index (χ4n) is 3.06. The molecule has 1 fully saturated rings. The molecule has 1 N–H and O–H groups in total. The fraction of sp³-hybridized carbons (Fsp3) is 0.278. The Morgan fingerprint density at radius 3 is 2.64 bits per heavy atom. The summed E-state index contributed by atoms with van der Waals surface area (Å²) >= 11 is 0.